The van der Waals surface area contributed by atoms with Crippen LogP contribution in [0.15, 0.2) is 78.9 Å². The smallest absolute Gasteiger partial charge is 0.408 e. The molecule has 0 saturated carbocycles. The van der Waals surface area contributed by atoms with E-state index in [1.165, 1.54) is 6.92 Å². The number of ketones is 1. The van der Waals surface area contributed by atoms with Crippen LogP contribution in [0, 0.1) is 0 Å². The van der Waals surface area contributed by atoms with E-state index in [4.69, 9.17) is 9.47 Å². The number of hydrogen-bond donors (Lipinski definition) is 1. The molecule has 3 aromatic rings. The van der Waals surface area contributed by atoms with Gasteiger partial charge >= 0.3 is 12.1 Å². The Labute approximate surface area is 221 Å². The van der Waals surface area contributed by atoms with Gasteiger partial charge in [-0.2, -0.15) is 0 Å². The molecule has 0 aromatic heterocycles. The van der Waals surface area contributed by atoms with Crippen molar-refractivity contribution in [2.75, 3.05) is 12.0 Å². The molecule has 4 rings (SSSR count). The number of amides is 2. The van der Waals surface area contributed by atoms with Crippen molar-refractivity contribution in [3.63, 3.8) is 0 Å². The van der Waals surface area contributed by atoms with Crippen LogP contribution in [0.1, 0.15) is 49.7 Å². The van der Waals surface area contributed by atoms with Gasteiger partial charge < -0.3 is 14.8 Å². The number of para-hydroxylation sites is 1. The Hall–Kier alpha value is -4.46. The fraction of sp³-hybridized carbons (Fsp3) is 0.267. The maximum absolute atomic E-state index is 14.1. The SMILES string of the molecule is COC(=O)[C@@]1([C@@H](NC(=O)OC(C)(C)C)c2ccc(-c3ccccc3)cc2)C(=O)c2ccccc2N1C(C)=O. The molecular formula is C30H30N2O6. The average Bonchev–Trinajstić information content (AvgIpc) is 3.16. The molecule has 1 heterocycles. The number of fused-ring (bicyclic) bond motifs is 1. The van der Waals surface area contributed by atoms with Crippen molar-refractivity contribution in [3.8, 4) is 11.1 Å². The maximum Gasteiger partial charge on any atom is 0.408 e. The largest absolute Gasteiger partial charge is 0.467 e. The van der Waals surface area contributed by atoms with Gasteiger partial charge in [0, 0.05) is 12.5 Å². The van der Waals surface area contributed by atoms with Crippen molar-refractivity contribution in [1.82, 2.24) is 5.32 Å². The number of Topliss-reactive ketones (excluding diaryl/α,β-unsaturated/α-hetero) is 1. The third-order valence-corrected chi connectivity index (χ3v) is 6.33. The van der Waals surface area contributed by atoms with E-state index in [0.717, 1.165) is 23.1 Å². The number of anilines is 1. The lowest BCUT2D eigenvalue weighted by Crippen LogP contribution is -2.66. The molecule has 0 saturated heterocycles. The summed E-state index contributed by atoms with van der Waals surface area (Å²) in [6, 6.07) is 21.8. The first-order valence-electron chi connectivity index (χ1n) is 12.2. The molecule has 0 aliphatic carbocycles. The summed E-state index contributed by atoms with van der Waals surface area (Å²) in [6.45, 7) is 6.36. The molecule has 0 radical (unpaired) electrons. The summed E-state index contributed by atoms with van der Waals surface area (Å²) in [5.74, 6) is -2.21. The van der Waals surface area contributed by atoms with Crippen LogP contribution in [-0.2, 0) is 19.1 Å². The second-order valence-electron chi connectivity index (χ2n) is 10.0. The maximum atomic E-state index is 14.1. The molecule has 2 amide bonds. The Morgan fingerprint density at radius 2 is 1.45 bits per heavy atom. The van der Waals surface area contributed by atoms with E-state index in [9.17, 15) is 19.2 Å². The molecule has 1 aliphatic heterocycles. The predicted octanol–water partition coefficient (Wildman–Crippen LogP) is 5.08. The second kappa shape index (κ2) is 10.1. The van der Waals surface area contributed by atoms with E-state index in [-0.39, 0.29) is 11.3 Å². The minimum Gasteiger partial charge on any atom is -0.467 e. The van der Waals surface area contributed by atoms with Crippen LogP contribution in [0.5, 0.6) is 0 Å². The highest BCUT2D eigenvalue weighted by molar-refractivity contribution is 6.30. The summed E-state index contributed by atoms with van der Waals surface area (Å²) in [6.07, 6.45) is -0.856. The number of methoxy groups -OCH3 is 1. The number of rotatable bonds is 5. The first-order valence-corrected chi connectivity index (χ1v) is 12.2. The summed E-state index contributed by atoms with van der Waals surface area (Å²) in [7, 11) is 1.14. The predicted molar refractivity (Wildman–Crippen MR) is 143 cm³/mol. The fourth-order valence-electron chi connectivity index (χ4n) is 4.85. The number of esters is 1. The van der Waals surface area contributed by atoms with Gasteiger partial charge in [0.1, 0.15) is 5.60 Å². The second-order valence-corrected chi connectivity index (χ2v) is 10.0. The monoisotopic (exact) mass is 514 g/mol. The van der Waals surface area contributed by atoms with E-state index in [1.807, 2.05) is 42.5 Å². The van der Waals surface area contributed by atoms with Gasteiger partial charge in [-0.05, 0) is 49.6 Å². The number of carbonyl (C=O) groups excluding carboxylic acids is 4. The molecule has 2 atom stereocenters. The van der Waals surface area contributed by atoms with Gasteiger partial charge in [-0.1, -0.05) is 66.7 Å². The molecule has 196 valence electrons. The summed E-state index contributed by atoms with van der Waals surface area (Å²) >= 11 is 0. The number of benzene rings is 3. The van der Waals surface area contributed by atoms with E-state index in [1.54, 1.807) is 57.2 Å². The molecule has 0 spiro atoms. The summed E-state index contributed by atoms with van der Waals surface area (Å²) in [5.41, 5.74) is -0.400. The zero-order valence-corrected chi connectivity index (χ0v) is 22.0. The number of hydrogen-bond acceptors (Lipinski definition) is 6. The molecule has 3 aromatic carbocycles. The molecule has 1 N–H and O–H groups in total. The number of alkyl carbamates (subject to hydrolysis) is 1. The van der Waals surface area contributed by atoms with E-state index in [0.29, 0.717) is 5.56 Å². The van der Waals surface area contributed by atoms with Crippen molar-refractivity contribution in [2.24, 2.45) is 0 Å². The normalized spacial score (nSPS) is 17.4. The van der Waals surface area contributed by atoms with Gasteiger partial charge in [-0.15, -0.1) is 0 Å². The zero-order chi connectivity index (χ0) is 27.7. The highest BCUT2D eigenvalue weighted by atomic mass is 16.6. The molecule has 38 heavy (non-hydrogen) atoms. The Kier molecular flexibility index (Phi) is 7.09. The van der Waals surface area contributed by atoms with Gasteiger partial charge in [0.05, 0.1) is 18.8 Å². The van der Waals surface area contributed by atoms with Crippen molar-refractivity contribution < 1.29 is 28.7 Å². The highest BCUT2D eigenvalue weighted by Gasteiger charge is 2.65. The van der Waals surface area contributed by atoms with Gasteiger partial charge in [0.25, 0.3) is 0 Å². The van der Waals surface area contributed by atoms with Crippen molar-refractivity contribution in [2.45, 2.75) is 44.9 Å². The lowest BCUT2D eigenvalue weighted by atomic mass is 9.80. The third kappa shape index (κ3) is 4.65. The van der Waals surface area contributed by atoms with Gasteiger partial charge in [0.15, 0.2) is 0 Å². The van der Waals surface area contributed by atoms with Gasteiger partial charge in [-0.25, -0.2) is 9.59 Å². The molecule has 8 heteroatoms. The van der Waals surface area contributed by atoms with Crippen LogP contribution in [0.2, 0.25) is 0 Å². The zero-order valence-electron chi connectivity index (χ0n) is 22.0. The van der Waals surface area contributed by atoms with Crippen LogP contribution < -0.4 is 10.2 Å². The fourth-order valence-corrected chi connectivity index (χ4v) is 4.85. The quantitative estimate of drug-likeness (QED) is 0.376. The number of nitrogens with zero attached hydrogens (tertiary/aromatic N) is 1. The Bertz CT molecular complexity index is 1380. The van der Waals surface area contributed by atoms with Crippen molar-refractivity contribution in [1.29, 1.82) is 0 Å². The molecule has 1 aliphatic rings. The van der Waals surface area contributed by atoms with Crippen LogP contribution in [0.25, 0.3) is 11.1 Å². The van der Waals surface area contributed by atoms with E-state index >= 15 is 0 Å². The minimum atomic E-state index is -2.24. The molecular weight excluding hydrogens is 484 g/mol. The minimum absolute atomic E-state index is 0.171. The Balaban J connectivity index is 1.93. The first kappa shape index (κ1) is 26.6. The standard InChI is InChI=1S/C30H30N2O6/c1-19(33)32-24-14-10-9-13-23(24)26(34)30(32,27(35)37-5)25(31-28(36)38-29(2,3)4)22-17-15-21(16-18-22)20-11-7-6-8-12-20/h6-18,25H,1-5H3,(H,31,36)/t25-,30+/m0/s1. The van der Waals surface area contributed by atoms with Gasteiger partial charge in [-0.3, -0.25) is 14.5 Å². The van der Waals surface area contributed by atoms with Crippen molar-refractivity contribution >= 4 is 29.4 Å². The summed E-state index contributed by atoms with van der Waals surface area (Å²) < 4.78 is 10.6. The Morgan fingerprint density at radius 3 is 2.03 bits per heavy atom. The lowest BCUT2D eigenvalue weighted by Gasteiger charge is -2.40. The first-order chi connectivity index (χ1) is 18.0. The molecule has 0 unspecified atom stereocenters. The number of nitrogens with one attached hydrogen (secondary N) is 1. The van der Waals surface area contributed by atoms with Crippen LogP contribution in [-0.4, -0.2) is 42.0 Å². The average molecular weight is 515 g/mol. The summed E-state index contributed by atoms with van der Waals surface area (Å²) in [4.78, 5) is 55.1. The van der Waals surface area contributed by atoms with Gasteiger partial charge in [0.2, 0.25) is 17.2 Å². The highest BCUT2D eigenvalue weighted by Crippen LogP contribution is 2.46. The molecule has 8 nitrogen and oxygen atoms in total. The van der Waals surface area contributed by atoms with Crippen LogP contribution in [0.3, 0.4) is 0 Å². The topological polar surface area (TPSA) is 102 Å². The van der Waals surface area contributed by atoms with E-state index < -0.39 is 40.9 Å². The van der Waals surface area contributed by atoms with Crippen LogP contribution in [0.4, 0.5) is 10.5 Å². The molecule has 0 bridgehead atoms. The summed E-state index contributed by atoms with van der Waals surface area (Å²) in [5, 5.41) is 2.72. The Morgan fingerprint density at radius 1 is 0.868 bits per heavy atom. The van der Waals surface area contributed by atoms with E-state index in [2.05, 4.69) is 5.32 Å². The molecule has 0 fully saturated rings. The third-order valence-electron chi connectivity index (χ3n) is 6.33. The number of ether oxygens (including phenoxy) is 2. The number of carbonyl (C=O) groups is 4. The lowest BCUT2D eigenvalue weighted by molar-refractivity contribution is -0.147. The van der Waals surface area contributed by atoms with Crippen LogP contribution >= 0.6 is 0 Å². The van der Waals surface area contributed by atoms with Crippen molar-refractivity contribution in [3.05, 3.63) is 90.0 Å².